The minimum atomic E-state index is -1.79. The highest BCUT2D eigenvalue weighted by molar-refractivity contribution is 7.42. The number of hydrogen-bond donors (Lipinski definition) is 1. The van der Waals surface area contributed by atoms with E-state index in [1.54, 1.807) is 27.7 Å². The number of ketones is 2. The van der Waals surface area contributed by atoms with E-state index in [9.17, 15) is 19.5 Å². The summed E-state index contributed by atoms with van der Waals surface area (Å²) in [7, 11) is 3.47. The standard InChI is InChI=1S/C32H56NO11P/c1-13-23-32(9)28(43-45(44-32)39-14-2)19(5)24(34)17(3)16-31(8,38-12)27(20(6)25(35)21(7)29(37)41-23)42-30-26(36)22(33(10)11)15-18(4)40-30/h17-23,26-28,30,36H,13-16H2,1-12H3/t17-,18-,19+,20+,21-,22+,23-,26-,27-,28-,30+,31-,32-,45?/m1/s1. The average Bonchev–Trinajstić information content (AvgIpc) is 3.33. The van der Waals surface area contributed by atoms with Gasteiger partial charge in [-0.25, -0.2) is 0 Å². The van der Waals surface area contributed by atoms with E-state index < -0.39 is 85.9 Å². The zero-order valence-corrected chi connectivity index (χ0v) is 30.0. The van der Waals surface area contributed by atoms with Crippen LogP contribution in [-0.2, 0) is 46.9 Å². The number of Topliss-reactive ketones (excluding diaryl/α,β-unsaturated/α-hetero) is 2. The van der Waals surface area contributed by atoms with Crippen LogP contribution in [0.3, 0.4) is 0 Å². The van der Waals surface area contributed by atoms with E-state index in [2.05, 4.69) is 0 Å². The maximum atomic E-state index is 14.1. The molecule has 3 fully saturated rings. The van der Waals surface area contributed by atoms with Crippen molar-refractivity contribution in [3.63, 3.8) is 0 Å². The Bertz CT molecular complexity index is 1050. The number of rotatable bonds is 7. The Kier molecular flexibility index (Phi) is 13.2. The molecule has 0 saturated carbocycles. The van der Waals surface area contributed by atoms with Gasteiger partial charge < -0.3 is 38.0 Å². The van der Waals surface area contributed by atoms with Crippen LogP contribution in [0.5, 0.6) is 0 Å². The molecule has 0 aromatic heterocycles. The summed E-state index contributed by atoms with van der Waals surface area (Å²) in [6.45, 7) is 16.3. The lowest BCUT2D eigenvalue weighted by molar-refractivity contribution is -0.295. The molecule has 0 radical (unpaired) electrons. The van der Waals surface area contributed by atoms with Crippen molar-refractivity contribution in [1.29, 1.82) is 0 Å². The number of carbonyl (C=O) groups is 3. The second kappa shape index (κ2) is 15.4. The zero-order chi connectivity index (χ0) is 34.0. The van der Waals surface area contributed by atoms with Crippen molar-refractivity contribution in [2.75, 3.05) is 27.8 Å². The fraction of sp³-hybridized carbons (Fsp3) is 0.906. The van der Waals surface area contributed by atoms with Gasteiger partial charge in [-0.3, -0.25) is 18.9 Å². The lowest BCUT2D eigenvalue weighted by Gasteiger charge is -2.47. The Morgan fingerprint density at radius 3 is 2.22 bits per heavy atom. The summed E-state index contributed by atoms with van der Waals surface area (Å²) in [6.07, 6.45) is -3.75. The molecule has 1 unspecified atom stereocenters. The van der Waals surface area contributed by atoms with Crippen LogP contribution in [0, 0.1) is 23.7 Å². The van der Waals surface area contributed by atoms with Gasteiger partial charge in [0.25, 0.3) is 0 Å². The Labute approximate surface area is 270 Å². The average molecular weight is 662 g/mol. The first-order valence-corrected chi connectivity index (χ1v) is 17.3. The summed E-state index contributed by atoms with van der Waals surface area (Å²) in [4.78, 5) is 43.7. The summed E-state index contributed by atoms with van der Waals surface area (Å²) in [6, 6.07) is -0.247. The van der Waals surface area contributed by atoms with Crippen molar-refractivity contribution >= 4 is 26.1 Å². The molecule has 0 aromatic rings. The third-order valence-electron chi connectivity index (χ3n) is 9.95. The van der Waals surface area contributed by atoms with Crippen LogP contribution >= 0.6 is 8.60 Å². The van der Waals surface area contributed by atoms with E-state index in [0.717, 1.165) is 0 Å². The minimum absolute atomic E-state index is 0.106. The van der Waals surface area contributed by atoms with Crippen LogP contribution in [0.2, 0.25) is 0 Å². The van der Waals surface area contributed by atoms with E-state index in [4.69, 9.17) is 32.5 Å². The lowest BCUT2D eigenvalue weighted by atomic mass is 9.74. The van der Waals surface area contributed by atoms with E-state index in [0.29, 0.717) is 19.4 Å². The van der Waals surface area contributed by atoms with Gasteiger partial charge in [-0.05, 0) is 68.0 Å². The number of likely N-dealkylation sites (N-methyl/N-ethyl adjacent to an activating group) is 1. The molecular weight excluding hydrogens is 605 g/mol. The molecule has 0 amide bonds. The highest BCUT2D eigenvalue weighted by Crippen LogP contribution is 2.58. The second-order valence-electron chi connectivity index (χ2n) is 13.6. The summed E-state index contributed by atoms with van der Waals surface area (Å²) < 4.78 is 42.9. The Hall–Kier alpha value is -1.08. The number of hydrogen-bond acceptors (Lipinski definition) is 12. The maximum Gasteiger partial charge on any atom is 0.333 e. The normalized spacial score (nSPS) is 45.7. The molecule has 1 N–H and O–H groups in total. The van der Waals surface area contributed by atoms with Crippen molar-refractivity contribution < 1.29 is 52.0 Å². The molecule has 3 aliphatic heterocycles. The van der Waals surface area contributed by atoms with Crippen LogP contribution in [0.1, 0.15) is 81.6 Å². The molecule has 3 aliphatic rings. The van der Waals surface area contributed by atoms with E-state index in [1.807, 2.05) is 46.7 Å². The fourth-order valence-corrected chi connectivity index (χ4v) is 8.63. The summed E-state index contributed by atoms with van der Waals surface area (Å²) in [5.74, 6) is -4.50. The Balaban J connectivity index is 2.08. The molecular formula is C32H56NO11P. The van der Waals surface area contributed by atoms with E-state index >= 15 is 0 Å². The van der Waals surface area contributed by atoms with Crippen molar-refractivity contribution in [2.24, 2.45) is 23.7 Å². The highest BCUT2D eigenvalue weighted by atomic mass is 31.2. The molecule has 13 heteroatoms. The first-order valence-electron chi connectivity index (χ1n) is 16.2. The number of fused-ring (bicyclic) bond motifs is 1. The molecule has 14 atom stereocenters. The third-order valence-corrected chi connectivity index (χ3v) is 11.4. The smallest absolute Gasteiger partial charge is 0.333 e. The molecule has 260 valence electrons. The first-order chi connectivity index (χ1) is 20.9. The zero-order valence-electron chi connectivity index (χ0n) is 29.1. The van der Waals surface area contributed by atoms with Gasteiger partial charge in [0.15, 0.2) is 12.1 Å². The number of cyclic esters (lactones) is 1. The van der Waals surface area contributed by atoms with Gasteiger partial charge in [0, 0.05) is 30.9 Å². The number of aliphatic hydroxyl groups excluding tert-OH is 1. The molecule has 0 aromatic carbocycles. The number of esters is 1. The molecule has 12 nitrogen and oxygen atoms in total. The topological polar surface area (TPSA) is 139 Å². The molecule has 45 heavy (non-hydrogen) atoms. The van der Waals surface area contributed by atoms with Crippen molar-refractivity contribution in [2.45, 2.75) is 136 Å². The van der Waals surface area contributed by atoms with Crippen molar-refractivity contribution in [1.82, 2.24) is 4.90 Å². The van der Waals surface area contributed by atoms with Crippen LogP contribution < -0.4 is 0 Å². The van der Waals surface area contributed by atoms with Crippen molar-refractivity contribution in [3.8, 4) is 0 Å². The number of ether oxygens (including phenoxy) is 4. The van der Waals surface area contributed by atoms with E-state index in [-0.39, 0.29) is 24.3 Å². The molecule has 0 spiro atoms. The van der Waals surface area contributed by atoms with Gasteiger partial charge in [-0.15, -0.1) is 0 Å². The monoisotopic (exact) mass is 661 g/mol. The van der Waals surface area contributed by atoms with Gasteiger partial charge >= 0.3 is 14.6 Å². The molecule has 0 bridgehead atoms. The SMILES string of the molecule is CCOP1O[C@@H]2[C@@H](C)C(=O)[C@H](C)C[C@@](C)(OC)[C@H](O[C@@H]3O[C@H](C)C[C@H](N(C)C)[C@H]3O)[C@@H](C)C(=O)[C@@H](C)C(=O)O[C@H](CC)[C@@]2(C)O1. The minimum Gasteiger partial charge on any atom is -0.459 e. The number of carbonyl (C=O) groups excluding carboxylic acids is 3. The van der Waals surface area contributed by atoms with Gasteiger partial charge in [-0.1, -0.05) is 27.7 Å². The predicted octanol–water partition coefficient (Wildman–Crippen LogP) is 4.05. The number of methoxy groups -OCH3 is 1. The molecule has 3 rings (SSSR count). The van der Waals surface area contributed by atoms with Crippen LogP contribution in [0.15, 0.2) is 0 Å². The largest absolute Gasteiger partial charge is 0.459 e. The highest BCUT2D eigenvalue weighted by Gasteiger charge is 2.58. The summed E-state index contributed by atoms with van der Waals surface area (Å²) in [5.41, 5.74) is -2.39. The molecule has 3 saturated heterocycles. The summed E-state index contributed by atoms with van der Waals surface area (Å²) >= 11 is 0. The number of aliphatic hydroxyl groups is 1. The molecule has 0 aliphatic carbocycles. The quantitative estimate of drug-likeness (QED) is 0.239. The fourth-order valence-electron chi connectivity index (χ4n) is 7.14. The number of nitrogens with zero attached hydrogens (tertiary/aromatic N) is 1. The summed E-state index contributed by atoms with van der Waals surface area (Å²) in [5, 5.41) is 11.3. The van der Waals surface area contributed by atoms with Crippen LogP contribution in [0.4, 0.5) is 0 Å². The Morgan fingerprint density at radius 1 is 1.02 bits per heavy atom. The van der Waals surface area contributed by atoms with Crippen LogP contribution in [0.25, 0.3) is 0 Å². The molecule has 3 heterocycles. The second-order valence-corrected chi connectivity index (χ2v) is 14.7. The van der Waals surface area contributed by atoms with Gasteiger partial charge in [-0.2, -0.15) is 0 Å². The van der Waals surface area contributed by atoms with Gasteiger partial charge in [0.05, 0.1) is 24.4 Å². The Morgan fingerprint density at radius 2 is 1.67 bits per heavy atom. The predicted molar refractivity (Wildman–Crippen MR) is 167 cm³/mol. The van der Waals surface area contributed by atoms with E-state index in [1.165, 1.54) is 14.0 Å². The van der Waals surface area contributed by atoms with Gasteiger partial charge in [0.2, 0.25) is 0 Å². The maximum absolute atomic E-state index is 14.1. The van der Waals surface area contributed by atoms with Crippen molar-refractivity contribution in [3.05, 3.63) is 0 Å². The van der Waals surface area contributed by atoms with Gasteiger partial charge in [0.1, 0.15) is 35.6 Å². The first kappa shape index (κ1) is 38.4. The van der Waals surface area contributed by atoms with Crippen LogP contribution in [-0.4, -0.2) is 109 Å². The lowest BCUT2D eigenvalue weighted by Crippen LogP contribution is -2.59. The third kappa shape index (κ3) is 7.98.